The summed E-state index contributed by atoms with van der Waals surface area (Å²) in [6, 6.07) is 14.4. The fourth-order valence-corrected chi connectivity index (χ4v) is 5.95. The van der Waals surface area contributed by atoms with E-state index in [1.807, 2.05) is 63.2 Å². The predicted molar refractivity (Wildman–Crippen MR) is 153 cm³/mol. The number of alkyl carbamates (subject to hydrolysis) is 1. The number of carbonyl (C=O) groups is 2. The third kappa shape index (κ3) is 6.17. The molecule has 0 aliphatic carbocycles. The number of nitrogens with one attached hydrogen (secondary N) is 1. The van der Waals surface area contributed by atoms with Gasteiger partial charge in [0.15, 0.2) is 0 Å². The van der Waals surface area contributed by atoms with Gasteiger partial charge in [-0.15, -0.1) is 11.8 Å². The van der Waals surface area contributed by atoms with Crippen LogP contribution in [-0.2, 0) is 16.1 Å². The number of para-hydroxylation sites is 1. The van der Waals surface area contributed by atoms with Gasteiger partial charge in [-0.05, 0) is 44.4 Å². The maximum absolute atomic E-state index is 13.9. The molecule has 2 atom stereocenters. The molecule has 3 heterocycles. The van der Waals surface area contributed by atoms with Crippen molar-refractivity contribution in [1.29, 1.82) is 0 Å². The van der Waals surface area contributed by atoms with Gasteiger partial charge in [0.2, 0.25) is 0 Å². The highest BCUT2D eigenvalue weighted by atomic mass is 32.2. The number of carbonyl (C=O) groups excluding carboxylic acids is 2. The summed E-state index contributed by atoms with van der Waals surface area (Å²) < 4.78 is 5.37. The number of aromatic hydroxyl groups is 1. The van der Waals surface area contributed by atoms with Crippen LogP contribution in [0.5, 0.6) is 5.75 Å². The van der Waals surface area contributed by atoms with Gasteiger partial charge in [0.05, 0.1) is 22.9 Å². The molecule has 0 spiro atoms. The van der Waals surface area contributed by atoms with Crippen molar-refractivity contribution in [2.75, 3.05) is 0 Å². The van der Waals surface area contributed by atoms with Crippen LogP contribution in [0.2, 0.25) is 0 Å². The monoisotopic (exact) mass is 557 g/mol. The summed E-state index contributed by atoms with van der Waals surface area (Å²) in [4.78, 5) is 35.2. The summed E-state index contributed by atoms with van der Waals surface area (Å²) in [5.41, 5.74) is 3.28. The molecule has 0 bridgehead atoms. The Bertz CT molecular complexity index is 1470. The summed E-state index contributed by atoms with van der Waals surface area (Å²) in [5.74, 6) is -0.123. The molecule has 3 aromatic rings. The Labute approximate surface area is 237 Å². The fourth-order valence-electron chi connectivity index (χ4n) is 4.71. The van der Waals surface area contributed by atoms with Crippen molar-refractivity contribution < 1.29 is 19.4 Å². The minimum Gasteiger partial charge on any atom is -0.508 e. The first-order chi connectivity index (χ1) is 19.2. The van der Waals surface area contributed by atoms with Crippen molar-refractivity contribution in [1.82, 2.24) is 20.3 Å². The third-order valence-electron chi connectivity index (χ3n) is 6.49. The molecule has 206 valence electrons. The molecule has 40 heavy (non-hydrogen) atoms. The van der Waals surface area contributed by atoms with Crippen LogP contribution in [0.25, 0.3) is 0 Å². The van der Waals surface area contributed by atoms with E-state index in [4.69, 9.17) is 4.74 Å². The van der Waals surface area contributed by atoms with Gasteiger partial charge >= 0.3 is 6.09 Å². The average molecular weight is 558 g/mol. The van der Waals surface area contributed by atoms with Crippen LogP contribution in [0.3, 0.4) is 0 Å². The first kappa shape index (κ1) is 27.4. The average Bonchev–Trinajstić information content (AvgIpc) is 3.60. The number of hydrazone groups is 1. The summed E-state index contributed by atoms with van der Waals surface area (Å²) in [6.45, 7) is 5.79. The number of hydrogen-bond acceptors (Lipinski definition) is 8. The molecule has 0 saturated heterocycles. The maximum atomic E-state index is 13.9. The van der Waals surface area contributed by atoms with E-state index in [1.54, 1.807) is 30.7 Å². The minimum absolute atomic E-state index is 0.00482. The SMILES string of the molecule is CC(C)(C)OC(=O)NCc1ccccc1C1CC=C(C(=O)N2N=C(c3cnccn3)CC2c2ccccc2O)S1. The number of hydrogen-bond donors (Lipinski definition) is 2. The van der Waals surface area contributed by atoms with Gasteiger partial charge < -0.3 is 15.2 Å². The lowest BCUT2D eigenvalue weighted by Gasteiger charge is -2.23. The quantitative estimate of drug-likeness (QED) is 0.402. The zero-order valence-corrected chi connectivity index (χ0v) is 23.4. The van der Waals surface area contributed by atoms with Crippen molar-refractivity contribution in [3.63, 3.8) is 0 Å². The first-order valence-corrected chi connectivity index (χ1v) is 13.9. The van der Waals surface area contributed by atoms with Gasteiger partial charge in [0.25, 0.3) is 5.91 Å². The van der Waals surface area contributed by atoms with Crippen LogP contribution in [-0.4, -0.2) is 43.4 Å². The van der Waals surface area contributed by atoms with E-state index in [9.17, 15) is 14.7 Å². The van der Waals surface area contributed by atoms with Crippen molar-refractivity contribution in [3.8, 4) is 5.75 Å². The number of ether oxygens (including phenoxy) is 1. The molecule has 10 heteroatoms. The molecule has 9 nitrogen and oxygen atoms in total. The molecular formula is C30H31N5O4S. The van der Waals surface area contributed by atoms with Crippen molar-refractivity contribution >= 4 is 29.5 Å². The summed E-state index contributed by atoms with van der Waals surface area (Å²) in [5, 5.41) is 19.5. The predicted octanol–water partition coefficient (Wildman–Crippen LogP) is 5.65. The van der Waals surface area contributed by atoms with E-state index < -0.39 is 17.7 Å². The van der Waals surface area contributed by atoms with Gasteiger partial charge in [-0.2, -0.15) is 5.10 Å². The van der Waals surface area contributed by atoms with Gasteiger partial charge in [-0.3, -0.25) is 14.8 Å². The zero-order chi connectivity index (χ0) is 28.3. The van der Waals surface area contributed by atoms with Gasteiger partial charge in [-0.1, -0.05) is 48.5 Å². The lowest BCUT2D eigenvalue weighted by Crippen LogP contribution is -2.32. The van der Waals surface area contributed by atoms with E-state index >= 15 is 0 Å². The standard InChI is InChI=1S/C30H31N5O4S/c1-30(2,3)39-29(38)33-17-19-8-4-5-9-20(19)26-12-13-27(40-26)28(37)35-24(21-10-6-7-11-25(21)36)16-22(34-35)23-18-31-14-15-32-23/h4-11,13-15,18,24,26,36H,12,16-17H2,1-3H3,(H,33,38). The smallest absolute Gasteiger partial charge is 0.407 e. The molecule has 0 saturated carbocycles. The molecular weight excluding hydrogens is 526 g/mol. The molecule has 5 rings (SSSR count). The molecule has 2 amide bonds. The van der Waals surface area contributed by atoms with Gasteiger partial charge in [0.1, 0.15) is 17.0 Å². The highest BCUT2D eigenvalue weighted by Crippen LogP contribution is 2.47. The van der Waals surface area contributed by atoms with Crippen LogP contribution in [0.4, 0.5) is 4.79 Å². The summed E-state index contributed by atoms with van der Waals surface area (Å²) in [7, 11) is 0. The lowest BCUT2D eigenvalue weighted by atomic mass is 9.99. The Morgan fingerprint density at radius 1 is 1.10 bits per heavy atom. The molecule has 2 aromatic carbocycles. The van der Waals surface area contributed by atoms with E-state index in [0.717, 1.165) is 11.1 Å². The van der Waals surface area contributed by atoms with E-state index in [0.29, 0.717) is 41.3 Å². The lowest BCUT2D eigenvalue weighted by molar-refractivity contribution is -0.128. The number of rotatable bonds is 6. The fraction of sp³-hybridized carbons (Fsp3) is 0.300. The van der Waals surface area contributed by atoms with Crippen LogP contribution in [0, 0.1) is 0 Å². The highest BCUT2D eigenvalue weighted by molar-refractivity contribution is 8.04. The number of benzene rings is 2. The van der Waals surface area contributed by atoms with Crippen LogP contribution in [0.15, 0.2) is 83.2 Å². The minimum atomic E-state index is -0.580. The van der Waals surface area contributed by atoms with Crippen LogP contribution in [0.1, 0.15) is 67.3 Å². The Morgan fingerprint density at radius 2 is 1.85 bits per heavy atom. The number of allylic oxidation sites excluding steroid dienone is 1. The second-order valence-electron chi connectivity index (χ2n) is 10.5. The third-order valence-corrected chi connectivity index (χ3v) is 7.82. The van der Waals surface area contributed by atoms with Crippen molar-refractivity contribution in [2.45, 2.75) is 57.1 Å². The van der Waals surface area contributed by atoms with E-state index in [-0.39, 0.29) is 16.9 Å². The van der Waals surface area contributed by atoms with Crippen molar-refractivity contribution in [3.05, 3.63) is 100 Å². The second kappa shape index (κ2) is 11.5. The maximum Gasteiger partial charge on any atom is 0.407 e. The Morgan fingerprint density at radius 3 is 2.58 bits per heavy atom. The molecule has 2 unspecified atom stereocenters. The van der Waals surface area contributed by atoms with Gasteiger partial charge in [-0.25, -0.2) is 9.80 Å². The first-order valence-electron chi connectivity index (χ1n) is 13.1. The van der Waals surface area contributed by atoms with Crippen LogP contribution >= 0.6 is 11.8 Å². The molecule has 2 N–H and O–H groups in total. The highest BCUT2D eigenvalue weighted by Gasteiger charge is 2.38. The molecule has 2 aliphatic heterocycles. The number of phenolic OH excluding ortho intramolecular Hbond substituents is 1. The number of thioether (sulfide) groups is 1. The Hall–Kier alpha value is -4.18. The van der Waals surface area contributed by atoms with Gasteiger partial charge in [0, 0.05) is 36.2 Å². The number of aromatic nitrogens is 2. The van der Waals surface area contributed by atoms with Crippen LogP contribution < -0.4 is 5.32 Å². The molecule has 0 fully saturated rings. The Balaban J connectivity index is 1.34. The number of amides is 2. The topological polar surface area (TPSA) is 117 Å². The Kier molecular flexibility index (Phi) is 7.88. The van der Waals surface area contributed by atoms with E-state index in [1.165, 1.54) is 16.8 Å². The molecule has 2 aliphatic rings. The largest absolute Gasteiger partial charge is 0.508 e. The van der Waals surface area contributed by atoms with E-state index in [2.05, 4.69) is 20.4 Å². The number of phenols is 1. The normalized spacial score (nSPS) is 18.7. The summed E-state index contributed by atoms with van der Waals surface area (Å²) >= 11 is 1.48. The zero-order valence-electron chi connectivity index (χ0n) is 22.6. The molecule has 0 radical (unpaired) electrons. The summed E-state index contributed by atoms with van der Waals surface area (Å²) in [6.07, 6.45) is 7.32. The second-order valence-corrected chi connectivity index (χ2v) is 11.8. The molecule has 1 aromatic heterocycles. The number of nitrogens with zero attached hydrogens (tertiary/aromatic N) is 4. The van der Waals surface area contributed by atoms with Crippen molar-refractivity contribution in [2.24, 2.45) is 5.10 Å².